The van der Waals surface area contributed by atoms with Gasteiger partial charge in [-0.05, 0) is 101 Å². The lowest BCUT2D eigenvalue weighted by Gasteiger charge is -2.28. The van der Waals surface area contributed by atoms with Crippen LogP contribution in [0, 0.1) is 0 Å². The van der Waals surface area contributed by atoms with Crippen LogP contribution >= 0.6 is 0 Å². The van der Waals surface area contributed by atoms with E-state index < -0.39 is 39.8 Å². The quantitative estimate of drug-likeness (QED) is 0.156. The summed E-state index contributed by atoms with van der Waals surface area (Å²) >= 11 is 0. The maximum atomic E-state index is 14.2. The van der Waals surface area contributed by atoms with Gasteiger partial charge < -0.3 is 14.2 Å². The zero-order valence-corrected chi connectivity index (χ0v) is 31.5. The minimum absolute atomic E-state index is 0.00687. The van der Waals surface area contributed by atoms with Crippen LogP contribution in [0.25, 0.3) is 0 Å². The van der Waals surface area contributed by atoms with E-state index in [0.717, 1.165) is 29.7 Å². The zero-order chi connectivity index (χ0) is 36.6. The van der Waals surface area contributed by atoms with Gasteiger partial charge >= 0.3 is 12.1 Å². The molecular weight excluding hydrogens is 642 g/mol. The van der Waals surface area contributed by atoms with Crippen LogP contribution < -0.4 is 9.64 Å². The Balaban J connectivity index is 2.01. The van der Waals surface area contributed by atoms with Crippen LogP contribution in [0.1, 0.15) is 98.4 Å². The summed E-state index contributed by atoms with van der Waals surface area (Å²) < 4.78 is 46.0. The van der Waals surface area contributed by atoms with E-state index in [0.29, 0.717) is 11.4 Å². The summed E-state index contributed by atoms with van der Waals surface area (Å²) in [7, 11) is -2.51. The second-order valence-electron chi connectivity index (χ2n) is 14.8. The normalized spacial score (nSPS) is 12.5. The third-order valence-electron chi connectivity index (χ3n) is 7.67. The third kappa shape index (κ3) is 11.9. The van der Waals surface area contributed by atoms with E-state index in [-0.39, 0.29) is 29.2 Å². The van der Waals surface area contributed by atoms with Gasteiger partial charge in [0.15, 0.2) is 0 Å². The topological polar surface area (TPSA) is 115 Å². The molecule has 1 amide bonds. The largest absolute Gasteiger partial charge is 0.497 e. The summed E-state index contributed by atoms with van der Waals surface area (Å²) in [6.45, 7) is 16.5. The van der Waals surface area contributed by atoms with Gasteiger partial charge in [0.2, 0.25) is 10.0 Å². The highest BCUT2D eigenvalue weighted by atomic mass is 32.2. The molecule has 3 rings (SSSR count). The molecule has 0 unspecified atom stereocenters. The Kier molecular flexibility index (Phi) is 13.0. The number of benzene rings is 2. The average molecular weight is 696 g/mol. The number of sulfonamides is 1. The molecule has 0 bridgehead atoms. The Bertz CT molecular complexity index is 1660. The SMILES string of the molecule is CCCCC(C)(C)c1ccc(CN(Cc2cccc(N(CC(=O)OC(C)(C)C)C(=O)OC(C)(C)C)n2)S(=O)(=O)c2ccc(OC)cc2)cc1. The first-order valence-corrected chi connectivity index (χ1v) is 18.1. The summed E-state index contributed by atoms with van der Waals surface area (Å²) in [5, 5.41) is 0. The van der Waals surface area contributed by atoms with Gasteiger partial charge in [0, 0.05) is 6.54 Å². The number of rotatable bonds is 14. The monoisotopic (exact) mass is 695 g/mol. The highest BCUT2D eigenvalue weighted by Crippen LogP contribution is 2.30. The van der Waals surface area contributed by atoms with Crippen LogP contribution in [-0.4, -0.2) is 54.6 Å². The van der Waals surface area contributed by atoms with Crippen LogP contribution in [0.2, 0.25) is 0 Å². The number of nitrogens with zero attached hydrogens (tertiary/aromatic N) is 3. The van der Waals surface area contributed by atoms with Gasteiger partial charge in [-0.3, -0.25) is 9.69 Å². The van der Waals surface area contributed by atoms with Crippen LogP contribution in [0.15, 0.2) is 71.6 Å². The summed E-state index contributed by atoms with van der Waals surface area (Å²) in [6, 6.07) is 19.2. The minimum Gasteiger partial charge on any atom is -0.497 e. The average Bonchev–Trinajstić information content (AvgIpc) is 3.01. The van der Waals surface area contributed by atoms with Gasteiger partial charge in [0.05, 0.1) is 24.2 Å². The van der Waals surface area contributed by atoms with Crippen molar-refractivity contribution in [1.29, 1.82) is 0 Å². The molecule has 1 heterocycles. The summed E-state index contributed by atoms with van der Waals surface area (Å²) in [5.41, 5.74) is 0.744. The third-order valence-corrected chi connectivity index (χ3v) is 9.48. The molecule has 0 atom stereocenters. The lowest BCUT2D eigenvalue weighted by molar-refractivity contribution is -0.153. The first kappa shape index (κ1) is 39.5. The summed E-state index contributed by atoms with van der Waals surface area (Å²) in [5.74, 6) is 0.0158. The molecule has 0 saturated heterocycles. The molecule has 0 radical (unpaired) electrons. The number of aromatic nitrogens is 1. The Morgan fingerprint density at radius 2 is 1.41 bits per heavy atom. The number of hydrogen-bond donors (Lipinski definition) is 0. The Morgan fingerprint density at radius 3 is 1.96 bits per heavy atom. The molecule has 10 nitrogen and oxygen atoms in total. The molecule has 11 heteroatoms. The number of amides is 1. The minimum atomic E-state index is -4.03. The predicted octanol–water partition coefficient (Wildman–Crippen LogP) is 8.03. The van der Waals surface area contributed by atoms with E-state index in [1.807, 2.05) is 12.1 Å². The molecule has 1 aromatic heterocycles. The molecular formula is C38H53N3O7S. The van der Waals surface area contributed by atoms with Gasteiger partial charge in [-0.25, -0.2) is 18.2 Å². The highest BCUT2D eigenvalue weighted by Gasteiger charge is 2.30. The zero-order valence-electron chi connectivity index (χ0n) is 30.7. The van der Waals surface area contributed by atoms with E-state index in [1.165, 1.54) is 29.1 Å². The van der Waals surface area contributed by atoms with Crippen molar-refractivity contribution in [2.24, 2.45) is 0 Å². The lowest BCUT2D eigenvalue weighted by Crippen LogP contribution is -2.42. The molecule has 0 spiro atoms. The first-order chi connectivity index (χ1) is 22.7. The molecule has 2 aromatic carbocycles. The van der Waals surface area contributed by atoms with E-state index in [2.05, 4.69) is 37.9 Å². The van der Waals surface area contributed by atoms with E-state index in [4.69, 9.17) is 14.2 Å². The molecule has 268 valence electrons. The number of esters is 1. The lowest BCUT2D eigenvalue weighted by atomic mass is 9.80. The molecule has 0 aliphatic carbocycles. The molecule has 0 saturated carbocycles. The van der Waals surface area contributed by atoms with Crippen molar-refractivity contribution in [2.45, 2.75) is 116 Å². The fourth-order valence-corrected chi connectivity index (χ4v) is 6.50. The molecule has 0 aliphatic rings. The number of pyridine rings is 1. The molecule has 3 aromatic rings. The van der Waals surface area contributed by atoms with Crippen molar-refractivity contribution in [3.8, 4) is 5.75 Å². The predicted molar refractivity (Wildman–Crippen MR) is 192 cm³/mol. The van der Waals surface area contributed by atoms with Crippen molar-refractivity contribution in [3.05, 3.63) is 83.6 Å². The van der Waals surface area contributed by atoms with E-state index >= 15 is 0 Å². The van der Waals surface area contributed by atoms with Gasteiger partial charge in [-0.15, -0.1) is 0 Å². The maximum Gasteiger partial charge on any atom is 0.416 e. The Morgan fingerprint density at radius 1 is 0.796 bits per heavy atom. The molecule has 49 heavy (non-hydrogen) atoms. The number of anilines is 1. The summed E-state index contributed by atoms with van der Waals surface area (Å²) in [6.07, 6.45) is 2.51. The summed E-state index contributed by atoms with van der Waals surface area (Å²) in [4.78, 5) is 32.0. The van der Waals surface area contributed by atoms with Crippen LogP contribution in [-0.2, 0) is 42.8 Å². The second kappa shape index (κ2) is 16.2. The van der Waals surface area contributed by atoms with Crippen molar-refractivity contribution < 1.29 is 32.2 Å². The number of carbonyl (C=O) groups excluding carboxylic acids is 2. The van der Waals surface area contributed by atoms with E-state index in [1.54, 1.807) is 71.9 Å². The standard InChI is InChI=1S/C38H53N3O7S/c1-11-12-24-38(8,9)29-18-16-28(17-19-29)25-40(49(44,45)32-22-20-31(46-10)21-23-32)26-30-14-13-15-33(39-30)41(35(43)48-37(5,6)7)27-34(42)47-36(2,3)4/h13-23H,11-12,24-27H2,1-10H3. The first-order valence-electron chi connectivity index (χ1n) is 16.7. The van der Waals surface area contributed by atoms with Crippen molar-refractivity contribution >= 4 is 27.9 Å². The molecule has 0 N–H and O–H groups in total. The number of carbonyl (C=O) groups is 2. The maximum absolute atomic E-state index is 14.2. The van der Waals surface area contributed by atoms with Crippen molar-refractivity contribution in [1.82, 2.24) is 9.29 Å². The van der Waals surface area contributed by atoms with Gasteiger partial charge in [0.25, 0.3) is 0 Å². The van der Waals surface area contributed by atoms with Crippen molar-refractivity contribution in [2.75, 3.05) is 18.6 Å². The second-order valence-corrected chi connectivity index (χ2v) is 16.7. The van der Waals surface area contributed by atoms with Crippen molar-refractivity contribution in [3.63, 3.8) is 0 Å². The molecule has 0 fully saturated rings. The number of methoxy groups -OCH3 is 1. The van der Waals surface area contributed by atoms with Gasteiger partial charge in [-0.1, -0.05) is 63.9 Å². The van der Waals surface area contributed by atoms with Crippen LogP contribution in [0.5, 0.6) is 5.75 Å². The van der Waals surface area contributed by atoms with Gasteiger partial charge in [0.1, 0.15) is 29.3 Å². The van der Waals surface area contributed by atoms with Crippen LogP contribution in [0.4, 0.5) is 10.6 Å². The molecule has 0 aliphatic heterocycles. The van der Waals surface area contributed by atoms with Crippen LogP contribution in [0.3, 0.4) is 0 Å². The number of ether oxygens (including phenoxy) is 3. The fraction of sp³-hybridized carbons (Fsp3) is 0.500. The number of unbranched alkanes of at least 4 members (excludes halogenated alkanes) is 1. The highest BCUT2D eigenvalue weighted by molar-refractivity contribution is 7.89. The van der Waals surface area contributed by atoms with E-state index in [9.17, 15) is 18.0 Å². The number of hydrogen-bond acceptors (Lipinski definition) is 8. The fourth-order valence-electron chi connectivity index (χ4n) is 5.10. The Hall–Kier alpha value is -3.96. The Labute approximate surface area is 292 Å². The van der Waals surface area contributed by atoms with Gasteiger partial charge in [-0.2, -0.15) is 4.31 Å². The smallest absolute Gasteiger partial charge is 0.416 e.